The van der Waals surface area contributed by atoms with Gasteiger partial charge in [-0.25, -0.2) is 0 Å². The van der Waals surface area contributed by atoms with Gasteiger partial charge < -0.3 is 15.2 Å². The van der Waals surface area contributed by atoms with Gasteiger partial charge in [-0.05, 0) is 38.4 Å². The van der Waals surface area contributed by atoms with E-state index in [1.54, 1.807) is 31.2 Å². The molecule has 2 rings (SSSR count). The number of carboxylic acid groups (broad SMARTS) is 1. The molecule has 0 saturated heterocycles. The zero-order chi connectivity index (χ0) is 18.4. The molecule has 7 heteroatoms. The smallest absolute Gasteiger partial charge is 0.317 e. The first-order valence-corrected chi connectivity index (χ1v) is 8.36. The first-order chi connectivity index (χ1) is 11.9. The predicted octanol–water partition coefficient (Wildman–Crippen LogP) is 1.38. The average Bonchev–Trinajstić information content (AvgIpc) is 2.55. The molecule has 7 nitrogen and oxygen atoms in total. The summed E-state index contributed by atoms with van der Waals surface area (Å²) in [7, 11) is 0. The van der Waals surface area contributed by atoms with E-state index >= 15 is 0 Å². The van der Waals surface area contributed by atoms with Crippen LogP contribution in [0.15, 0.2) is 24.3 Å². The summed E-state index contributed by atoms with van der Waals surface area (Å²) in [5, 5.41) is 20.9. The predicted molar refractivity (Wildman–Crippen MR) is 91.1 cm³/mol. The molecule has 0 radical (unpaired) electrons. The fourth-order valence-electron chi connectivity index (χ4n) is 2.90. The second-order valence-electron chi connectivity index (χ2n) is 6.16. The Balaban J connectivity index is 1.81. The highest BCUT2D eigenvalue weighted by atomic mass is 16.5. The molecule has 1 saturated carbocycles. The minimum atomic E-state index is -0.840. The van der Waals surface area contributed by atoms with Crippen LogP contribution in [0.3, 0.4) is 0 Å². The Morgan fingerprint density at radius 1 is 1.44 bits per heavy atom. The van der Waals surface area contributed by atoms with Gasteiger partial charge in [0.15, 0.2) is 6.10 Å². The lowest BCUT2D eigenvalue weighted by Gasteiger charge is -2.42. The maximum Gasteiger partial charge on any atom is 0.317 e. The van der Waals surface area contributed by atoms with Crippen molar-refractivity contribution in [2.75, 3.05) is 13.1 Å². The highest BCUT2D eigenvalue weighted by Crippen LogP contribution is 2.26. The van der Waals surface area contributed by atoms with Crippen molar-refractivity contribution in [2.45, 2.75) is 44.9 Å². The molecule has 1 aliphatic rings. The number of nitrogens with zero attached hydrogens (tertiary/aromatic N) is 2. The number of nitrogens with one attached hydrogen (secondary N) is 1. The number of ether oxygens (including phenoxy) is 1. The van der Waals surface area contributed by atoms with Crippen LogP contribution in [0.4, 0.5) is 0 Å². The summed E-state index contributed by atoms with van der Waals surface area (Å²) < 4.78 is 5.59. The zero-order valence-corrected chi connectivity index (χ0v) is 14.4. The molecular weight excluding hydrogens is 322 g/mol. The summed E-state index contributed by atoms with van der Waals surface area (Å²) >= 11 is 0. The lowest BCUT2D eigenvalue weighted by molar-refractivity contribution is -0.140. The van der Waals surface area contributed by atoms with Crippen LogP contribution < -0.4 is 10.1 Å². The van der Waals surface area contributed by atoms with Crippen molar-refractivity contribution in [3.63, 3.8) is 0 Å². The quantitative estimate of drug-likeness (QED) is 0.738. The summed E-state index contributed by atoms with van der Waals surface area (Å²) in [5.74, 6) is -0.692. The third-order valence-corrected chi connectivity index (χ3v) is 4.40. The van der Waals surface area contributed by atoms with Gasteiger partial charge in [-0.15, -0.1) is 0 Å². The van der Waals surface area contributed by atoms with Crippen LogP contribution in [0.1, 0.15) is 32.3 Å². The molecule has 0 spiro atoms. The van der Waals surface area contributed by atoms with Gasteiger partial charge in [0.1, 0.15) is 11.8 Å². The van der Waals surface area contributed by atoms with E-state index in [4.69, 9.17) is 15.1 Å². The van der Waals surface area contributed by atoms with Crippen molar-refractivity contribution >= 4 is 11.9 Å². The maximum absolute atomic E-state index is 12.2. The van der Waals surface area contributed by atoms with Gasteiger partial charge >= 0.3 is 5.97 Å². The first-order valence-electron chi connectivity index (χ1n) is 8.36. The molecule has 1 amide bonds. The topological polar surface area (TPSA) is 103 Å². The summed E-state index contributed by atoms with van der Waals surface area (Å²) in [5.41, 5.74) is 0.387. The molecule has 1 aromatic rings. The van der Waals surface area contributed by atoms with Gasteiger partial charge in [-0.1, -0.05) is 19.1 Å². The van der Waals surface area contributed by atoms with E-state index in [1.807, 2.05) is 17.9 Å². The average molecular weight is 345 g/mol. The molecule has 0 bridgehead atoms. The summed E-state index contributed by atoms with van der Waals surface area (Å²) in [4.78, 5) is 25.0. The Hall–Kier alpha value is -2.59. The number of carboxylic acids is 1. The van der Waals surface area contributed by atoms with Crippen LogP contribution in [0, 0.1) is 11.3 Å². The van der Waals surface area contributed by atoms with E-state index in [-0.39, 0.29) is 24.5 Å². The van der Waals surface area contributed by atoms with E-state index in [0.29, 0.717) is 17.9 Å². The van der Waals surface area contributed by atoms with E-state index < -0.39 is 12.1 Å². The third-order valence-electron chi connectivity index (χ3n) is 4.40. The molecule has 1 unspecified atom stereocenters. The normalized spacial score (nSPS) is 20.2. The number of para-hydroxylation sites is 1. The fourth-order valence-corrected chi connectivity index (χ4v) is 2.90. The van der Waals surface area contributed by atoms with Gasteiger partial charge in [0.05, 0.1) is 12.1 Å². The van der Waals surface area contributed by atoms with Crippen LogP contribution in [-0.2, 0) is 9.59 Å². The van der Waals surface area contributed by atoms with Crippen LogP contribution in [0.2, 0.25) is 0 Å². The number of carbonyl (C=O) groups is 2. The van der Waals surface area contributed by atoms with Gasteiger partial charge in [0, 0.05) is 12.1 Å². The minimum Gasteiger partial charge on any atom is -0.480 e. The Bertz CT molecular complexity index is 665. The number of hydrogen-bond donors (Lipinski definition) is 2. The van der Waals surface area contributed by atoms with Crippen LogP contribution in [0.25, 0.3) is 0 Å². The number of rotatable bonds is 8. The second-order valence-corrected chi connectivity index (χ2v) is 6.16. The standard InChI is InChI=1S/C18H23N3O4/c1-3-21(11-17(22)23)15-8-14(9-15)20-18(24)12(2)25-16-7-5-4-6-13(16)10-19/h4-7,12,14-15H,3,8-9,11H2,1-2H3,(H,20,24)(H,22,23). The second kappa shape index (κ2) is 8.49. The number of carbonyl (C=O) groups excluding carboxylic acids is 1. The lowest BCUT2D eigenvalue weighted by atomic mass is 9.85. The fraction of sp³-hybridized carbons (Fsp3) is 0.500. The van der Waals surface area contributed by atoms with Crippen molar-refractivity contribution < 1.29 is 19.4 Å². The maximum atomic E-state index is 12.2. The Kier molecular flexibility index (Phi) is 6.37. The van der Waals surface area contributed by atoms with Crippen molar-refractivity contribution in [3.8, 4) is 11.8 Å². The molecule has 134 valence electrons. The van der Waals surface area contributed by atoms with Crippen LogP contribution in [-0.4, -0.2) is 53.2 Å². The van der Waals surface area contributed by atoms with Gasteiger partial charge in [0.25, 0.3) is 5.91 Å². The Labute approximate surface area is 147 Å². The number of nitriles is 1. The van der Waals surface area contributed by atoms with Crippen molar-refractivity contribution in [3.05, 3.63) is 29.8 Å². The van der Waals surface area contributed by atoms with Crippen molar-refractivity contribution in [2.24, 2.45) is 0 Å². The molecule has 0 aromatic heterocycles. The minimum absolute atomic E-state index is 0.0201. The molecule has 1 fully saturated rings. The third kappa shape index (κ3) is 4.94. The number of benzene rings is 1. The SMILES string of the molecule is CCN(CC(=O)O)C1CC(NC(=O)C(C)Oc2ccccc2C#N)C1. The van der Waals surface area contributed by atoms with E-state index in [1.165, 1.54) is 0 Å². The summed E-state index contributed by atoms with van der Waals surface area (Å²) in [6.45, 7) is 4.26. The van der Waals surface area contributed by atoms with Crippen LogP contribution in [0.5, 0.6) is 5.75 Å². The lowest BCUT2D eigenvalue weighted by Crippen LogP contribution is -2.56. The molecule has 0 heterocycles. The molecule has 0 aliphatic heterocycles. The molecule has 1 atom stereocenters. The van der Waals surface area contributed by atoms with Crippen molar-refractivity contribution in [1.29, 1.82) is 5.26 Å². The van der Waals surface area contributed by atoms with E-state index in [2.05, 4.69) is 5.32 Å². The molecule has 1 aliphatic carbocycles. The van der Waals surface area contributed by atoms with Crippen LogP contribution >= 0.6 is 0 Å². The monoisotopic (exact) mass is 345 g/mol. The van der Waals surface area contributed by atoms with Gasteiger partial charge in [-0.2, -0.15) is 5.26 Å². The number of amides is 1. The zero-order valence-electron chi connectivity index (χ0n) is 14.4. The largest absolute Gasteiger partial charge is 0.480 e. The number of likely N-dealkylation sites (N-methyl/N-ethyl adjacent to an activating group) is 1. The Morgan fingerprint density at radius 2 is 2.12 bits per heavy atom. The highest BCUT2D eigenvalue weighted by molar-refractivity contribution is 5.81. The molecular formula is C18H23N3O4. The van der Waals surface area contributed by atoms with E-state index in [0.717, 1.165) is 12.8 Å². The summed E-state index contributed by atoms with van der Waals surface area (Å²) in [6, 6.07) is 9.02. The van der Waals surface area contributed by atoms with Crippen molar-refractivity contribution in [1.82, 2.24) is 10.2 Å². The van der Waals surface area contributed by atoms with E-state index in [9.17, 15) is 9.59 Å². The van der Waals surface area contributed by atoms with Gasteiger partial charge in [-0.3, -0.25) is 14.5 Å². The van der Waals surface area contributed by atoms with Gasteiger partial charge in [0.2, 0.25) is 0 Å². The molecule has 25 heavy (non-hydrogen) atoms. The molecule has 2 N–H and O–H groups in total. The Morgan fingerprint density at radius 3 is 2.72 bits per heavy atom. The number of hydrogen-bond acceptors (Lipinski definition) is 5. The first kappa shape index (κ1) is 18.7. The summed E-state index contributed by atoms with van der Waals surface area (Å²) in [6.07, 6.45) is 0.748. The molecule has 1 aromatic carbocycles. The number of aliphatic carboxylic acids is 1. The highest BCUT2D eigenvalue weighted by Gasteiger charge is 2.35.